The van der Waals surface area contributed by atoms with Gasteiger partial charge in [-0.3, -0.25) is 15.0 Å². The third-order valence-corrected chi connectivity index (χ3v) is 4.06. The minimum absolute atomic E-state index is 0.0439. The van der Waals surface area contributed by atoms with Crippen LogP contribution < -0.4 is 10.6 Å². The Morgan fingerprint density at radius 3 is 2.68 bits per heavy atom. The highest BCUT2D eigenvalue weighted by Gasteiger charge is 2.33. The Labute approximate surface area is 132 Å². The van der Waals surface area contributed by atoms with Crippen molar-refractivity contribution in [2.24, 2.45) is 0 Å². The van der Waals surface area contributed by atoms with E-state index in [0.717, 1.165) is 30.0 Å². The molecule has 2 amide bonds. The Morgan fingerprint density at radius 2 is 2.14 bits per heavy atom. The fraction of sp³-hybridized carbons (Fsp3) is 0.250. The average Bonchev–Trinajstić information content (AvgIpc) is 2.69. The van der Waals surface area contributed by atoms with Gasteiger partial charge in [0.05, 0.1) is 16.3 Å². The van der Waals surface area contributed by atoms with E-state index in [2.05, 4.69) is 10.6 Å². The fourth-order valence-corrected chi connectivity index (χ4v) is 2.73. The maximum absolute atomic E-state index is 12.6. The molecule has 1 heterocycles. The number of amidine groups is 1. The molecular formula is C12H9ClF3N3O2S. The molecule has 0 bridgehead atoms. The van der Waals surface area contributed by atoms with Gasteiger partial charge in [0.25, 0.3) is 0 Å². The first-order valence-corrected chi connectivity index (χ1v) is 7.15. The van der Waals surface area contributed by atoms with Crippen molar-refractivity contribution in [3.8, 4) is 0 Å². The van der Waals surface area contributed by atoms with E-state index >= 15 is 0 Å². The summed E-state index contributed by atoms with van der Waals surface area (Å²) in [4.78, 5) is 23.2. The molecule has 1 aromatic carbocycles. The molecule has 1 aliphatic heterocycles. The Morgan fingerprint density at radius 1 is 1.45 bits per heavy atom. The van der Waals surface area contributed by atoms with Crippen molar-refractivity contribution in [1.82, 2.24) is 5.32 Å². The van der Waals surface area contributed by atoms with Crippen LogP contribution in [0.15, 0.2) is 18.2 Å². The highest BCUT2D eigenvalue weighted by Crippen LogP contribution is 2.34. The maximum atomic E-state index is 12.6. The smallest absolute Gasteiger partial charge is 0.325 e. The third-order valence-electron chi connectivity index (χ3n) is 2.73. The van der Waals surface area contributed by atoms with E-state index in [-0.39, 0.29) is 22.3 Å². The molecule has 1 aromatic rings. The summed E-state index contributed by atoms with van der Waals surface area (Å²) in [6, 6.07) is 2.57. The van der Waals surface area contributed by atoms with Gasteiger partial charge in [0.15, 0.2) is 5.17 Å². The predicted octanol–water partition coefficient (Wildman–Crippen LogP) is 2.85. The van der Waals surface area contributed by atoms with Crippen LogP contribution in [0.2, 0.25) is 5.02 Å². The van der Waals surface area contributed by atoms with Crippen LogP contribution in [0.3, 0.4) is 0 Å². The molecular weight excluding hydrogens is 343 g/mol. The number of hydrogen-bond acceptors (Lipinski definition) is 4. The van der Waals surface area contributed by atoms with Crippen molar-refractivity contribution >= 4 is 46.0 Å². The molecule has 10 heteroatoms. The van der Waals surface area contributed by atoms with Gasteiger partial charge in [-0.2, -0.15) is 13.2 Å². The van der Waals surface area contributed by atoms with E-state index < -0.39 is 28.8 Å². The van der Waals surface area contributed by atoms with Gasteiger partial charge >= 0.3 is 6.18 Å². The third kappa shape index (κ3) is 3.92. The highest BCUT2D eigenvalue weighted by atomic mass is 35.5. The van der Waals surface area contributed by atoms with Gasteiger partial charge in [0, 0.05) is 6.42 Å². The number of benzene rings is 1. The Bertz CT molecular complexity index is 651. The number of halogens is 4. The van der Waals surface area contributed by atoms with Crippen LogP contribution >= 0.6 is 23.4 Å². The number of thioether (sulfide) groups is 1. The topological polar surface area (TPSA) is 82.1 Å². The van der Waals surface area contributed by atoms with E-state index in [9.17, 15) is 22.8 Å². The summed E-state index contributed by atoms with van der Waals surface area (Å²) < 4.78 is 37.9. The SMILES string of the molecule is N=C1NC(=O)C(CC(=O)Nc2cc(C(F)(F)F)ccc2Cl)S1. The lowest BCUT2D eigenvalue weighted by Gasteiger charge is -2.12. The lowest BCUT2D eigenvalue weighted by atomic mass is 10.2. The fourth-order valence-electron chi connectivity index (χ4n) is 1.72. The van der Waals surface area contributed by atoms with Crippen molar-refractivity contribution < 1.29 is 22.8 Å². The molecule has 0 aliphatic carbocycles. The monoisotopic (exact) mass is 351 g/mol. The van der Waals surface area contributed by atoms with Crippen LogP contribution in [-0.4, -0.2) is 22.2 Å². The normalized spacial score (nSPS) is 18.3. The van der Waals surface area contributed by atoms with Gasteiger partial charge in [-0.25, -0.2) is 0 Å². The molecule has 0 aromatic heterocycles. The highest BCUT2D eigenvalue weighted by molar-refractivity contribution is 8.15. The molecule has 22 heavy (non-hydrogen) atoms. The first-order chi connectivity index (χ1) is 10.2. The van der Waals surface area contributed by atoms with Crippen LogP contribution in [0, 0.1) is 5.41 Å². The number of carbonyl (C=O) groups excluding carboxylic acids is 2. The number of rotatable bonds is 3. The first-order valence-electron chi connectivity index (χ1n) is 5.89. The quantitative estimate of drug-likeness (QED) is 0.783. The standard InChI is InChI=1S/C12H9ClF3N3O2S/c13-6-2-1-5(12(14,15)16)3-7(6)18-9(20)4-8-10(21)19-11(17)22-8/h1-3,8H,4H2,(H,18,20)(H2,17,19,21). The van der Waals surface area contributed by atoms with Crippen molar-refractivity contribution in [2.45, 2.75) is 17.8 Å². The number of anilines is 1. The van der Waals surface area contributed by atoms with Crippen molar-refractivity contribution in [3.63, 3.8) is 0 Å². The van der Waals surface area contributed by atoms with E-state index in [1.165, 1.54) is 0 Å². The van der Waals surface area contributed by atoms with E-state index in [0.29, 0.717) is 0 Å². The number of carbonyl (C=O) groups is 2. The Kier molecular flexibility index (Phi) is 4.66. The summed E-state index contributed by atoms with van der Waals surface area (Å²) in [7, 11) is 0. The summed E-state index contributed by atoms with van der Waals surface area (Å²) in [6.07, 6.45) is -4.83. The van der Waals surface area contributed by atoms with E-state index in [4.69, 9.17) is 17.0 Å². The first kappa shape index (κ1) is 16.6. The number of hydrogen-bond donors (Lipinski definition) is 3. The minimum atomic E-state index is -4.56. The van der Waals surface area contributed by atoms with Crippen LogP contribution in [-0.2, 0) is 15.8 Å². The molecule has 0 spiro atoms. The minimum Gasteiger partial charge on any atom is -0.325 e. The van der Waals surface area contributed by atoms with Crippen LogP contribution in [0.1, 0.15) is 12.0 Å². The second-order valence-corrected chi connectivity index (χ2v) is 5.99. The Balaban J connectivity index is 2.08. The second kappa shape index (κ2) is 6.17. The second-order valence-electron chi connectivity index (χ2n) is 4.37. The molecule has 2 rings (SSSR count). The Hall–Kier alpha value is -1.74. The van der Waals surface area contributed by atoms with Crippen molar-refractivity contribution in [1.29, 1.82) is 5.41 Å². The largest absolute Gasteiger partial charge is 0.416 e. The summed E-state index contributed by atoms with van der Waals surface area (Å²) in [5.74, 6) is -1.15. The molecule has 5 nitrogen and oxygen atoms in total. The molecule has 118 valence electrons. The number of alkyl halides is 3. The summed E-state index contributed by atoms with van der Waals surface area (Å²) >= 11 is 6.63. The lowest BCUT2D eigenvalue weighted by molar-refractivity contribution is -0.137. The average molecular weight is 352 g/mol. The molecule has 0 saturated carbocycles. The van der Waals surface area contributed by atoms with E-state index in [1.807, 2.05) is 0 Å². The predicted molar refractivity (Wildman–Crippen MR) is 76.9 cm³/mol. The molecule has 1 aliphatic rings. The van der Waals surface area contributed by atoms with Gasteiger partial charge in [-0.1, -0.05) is 23.4 Å². The van der Waals surface area contributed by atoms with Gasteiger partial charge in [0.2, 0.25) is 11.8 Å². The molecule has 0 radical (unpaired) electrons. The van der Waals surface area contributed by atoms with Crippen LogP contribution in [0.25, 0.3) is 0 Å². The van der Waals surface area contributed by atoms with Crippen LogP contribution in [0.5, 0.6) is 0 Å². The van der Waals surface area contributed by atoms with Gasteiger partial charge in [-0.15, -0.1) is 0 Å². The zero-order valence-electron chi connectivity index (χ0n) is 10.8. The van der Waals surface area contributed by atoms with Crippen LogP contribution in [0.4, 0.5) is 18.9 Å². The van der Waals surface area contributed by atoms with E-state index in [1.54, 1.807) is 0 Å². The lowest BCUT2D eigenvalue weighted by Crippen LogP contribution is -2.27. The molecule has 3 N–H and O–H groups in total. The maximum Gasteiger partial charge on any atom is 0.416 e. The molecule has 1 fully saturated rings. The zero-order valence-corrected chi connectivity index (χ0v) is 12.3. The molecule has 1 unspecified atom stereocenters. The van der Waals surface area contributed by atoms with Crippen molar-refractivity contribution in [2.75, 3.05) is 5.32 Å². The number of nitrogens with one attached hydrogen (secondary N) is 3. The zero-order chi connectivity index (χ0) is 16.5. The number of amides is 2. The van der Waals surface area contributed by atoms with Crippen molar-refractivity contribution in [3.05, 3.63) is 28.8 Å². The molecule has 1 saturated heterocycles. The van der Waals surface area contributed by atoms with Gasteiger partial charge in [0.1, 0.15) is 5.25 Å². The summed E-state index contributed by atoms with van der Waals surface area (Å²) in [5, 5.41) is 10.8. The molecule has 1 atom stereocenters. The van der Waals surface area contributed by atoms with Gasteiger partial charge in [-0.05, 0) is 18.2 Å². The summed E-state index contributed by atoms with van der Waals surface area (Å²) in [6.45, 7) is 0. The van der Waals surface area contributed by atoms with Gasteiger partial charge < -0.3 is 10.6 Å². The summed E-state index contributed by atoms with van der Waals surface area (Å²) in [5.41, 5.74) is -1.12.